The summed E-state index contributed by atoms with van der Waals surface area (Å²) < 4.78 is 85.1. The summed E-state index contributed by atoms with van der Waals surface area (Å²) in [6.45, 7) is 8.67. The highest BCUT2D eigenvalue weighted by molar-refractivity contribution is 5.83. The Bertz CT molecular complexity index is 1400. The number of halogens is 7. The van der Waals surface area contributed by atoms with Crippen LogP contribution in [0.2, 0.25) is 0 Å². The van der Waals surface area contributed by atoms with Gasteiger partial charge in [-0.05, 0) is 76.4 Å². The van der Waals surface area contributed by atoms with E-state index in [4.69, 9.17) is 24.3 Å². The molecule has 0 atom stereocenters. The van der Waals surface area contributed by atoms with Crippen LogP contribution < -0.4 is 5.32 Å². The van der Waals surface area contributed by atoms with Crippen LogP contribution in [-0.2, 0) is 16.0 Å². The number of nitrogens with zero attached hydrogens (tertiary/aromatic N) is 5. The van der Waals surface area contributed by atoms with Gasteiger partial charge in [0.15, 0.2) is 0 Å². The minimum atomic E-state index is -5.08. The molecule has 0 unspecified atom stereocenters. The maximum absolute atomic E-state index is 14.5. The molecule has 0 spiro atoms. The molecule has 0 bridgehead atoms. The van der Waals surface area contributed by atoms with Gasteiger partial charge in [-0.3, -0.25) is 4.90 Å². The highest BCUT2D eigenvalue weighted by atomic mass is 19.4. The van der Waals surface area contributed by atoms with Crippen molar-refractivity contribution in [2.45, 2.75) is 69.8 Å². The molecule has 18 heteroatoms. The van der Waals surface area contributed by atoms with Crippen molar-refractivity contribution in [3.05, 3.63) is 35.6 Å². The normalized spacial score (nSPS) is 17.8. The highest BCUT2D eigenvalue weighted by Crippen LogP contribution is 2.34. The van der Waals surface area contributed by atoms with E-state index in [-0.39, 0.29) is 17.3 Å². The van der Waals surface area contributed by atoms with Gasteiger partial charge in [0.05, 0.1) is 5.69 Å². The Kier molecular flexibility index (Phi) is 10.9. The van der Waals surface area contributed by atoms with Crippen LogP contribution in [0.4, 0.5) is 30.7 Å². The first kappa shape index (κ1) is 34.7. The lowest BCUT2D eigenvalue weighted by atomic mass is 9.85. The highest BCUT2D eigenvalue weighted by Gasteiger charge is 2.39. The van der Waals surface area contributed by atoms with Crippen molar-refractivity contribution in [2.75, 3.05) is 26.2 Å². The SMILES string of the molecule is CCc1nn(-c2noc(C3CCN(C4(C)CCNCC4)CC3)n2)c2c(F)cccc12.O=C(O)C(F)(F)F.O=C(O)C(F)(F)F. The summed E-state index contributed by atoms with van der Waals surface area (Å²) in [6.07, 6.45) is -5.07. The van der Waals surface area contributed by atoms with Gasteiger partial charge in [-0.15, -0.1) is 0 Å². The number of aryl methyl sites for hydroxylation is 1. The molecule has 2 aliphatic rings. The first-order chi connectivity index (χ1) is 20.5. The summed E-state index contributed by atoms with van der Waals surface area (Å²) in [4.78, 5) is 25.0. The van der Waals surface area contributed by atoms with Crippen LogP contribution in [0.15, 0.2) is 22.7 Å². The number of fused-ring (bicyclic) bond motifs is 1. The number of aliphatic carboxylic acids is 2. The van der Waals surface area contributed by atoms with Gasteiger partial charge >= 0.3 is 24.3 Å². The number of aromatic nitrogens is 4. The van der Waals surface area contributed by atoms with Crippen molar-refractivity contribution in [1.29, 1.82) is 0 Å². The van der Waals surface area contributed by atoms with E-state index in [1.165, 1.54) is 23.6 Å². The van der Waals surface area contributed by atoms with Crippen LogP contribution in [0.1, 0.15) is 57.0 Å². The van der Waals surface area contributed by atoms with E-state index in [0.717, 1.165) is 50.1 Å². The largest absolute Gasteiger partial charge is 0.490 e. The number of hydrogen-bond donors (Lipinski definition) is 3. The van der Waals surface area contributed by atoms with Gasteiger partial charge < -0.3 is 20.1 Å². The second-order valence-electron chi connectivity index (χ2n) is 10.4. The van der Waals surface area contributed by atoms with E-state index in [9.17, 15) is 30.7 Å². The first-order valence-electron chi connectivity index (χ1n) is 13.5. The van der Waals surface area contributed by atoms with Crippen molar-refractivity contribution < 1.29 is 55.1 Å². The molecule has 5 rings (SSSR count). The van der Waals surface area contributed by atoms with Crippen LogP contribution in [0.3, 0.4) is 0 Å². The summed E-state index contributed by atoms with van der Waals surface area (Å²) >= 11 is 0. The van der Waals surface area contributed by atoms with Crippen LogP contribution in [0.5, 0.6) is 0 Å². The molecule has 0 aliphatic carbocycles. The number of alkyl halides is 6. The lowest BCUT2D eigenvalue weighted by Crippen LogP contribution is -2.54. The fourth-order valence-corrected chi connectivity index (χ4v) is 5.02. The number of rotatable bonds is 4. The smallest absolute Gasteiger partial charge is 0.475 e. The van der Waals surface area contributed by atoms with E-state index < -0.39 is 24.3 Å². The number of nitrogens with one attached hydrogen (secondary N) is 1. The summed E-state index contributed by atoms with van der Waals surface area (Å²) in [5.74, 6) is -4.65. The lowest BCUT2D eigenvalue weighted by molar-refractivity contribution is -0.193. The van der Waals surface area contributed by atoms with Crippen molar-refractivity contribution in [3.8, 4) is 5.95 Å². The van der Waals surface area contributed by atoms with Crippen LogP contribution in [-0.4, -0.2) is 91.0 Å². The second-order valence-corrected chi connectivity index (χ2v) is 10.4. The van der Waals surface area contributed by atoms with Gasteiger partial charge in [-0.25, -0.2) is 14.0 Å². The predicted octanol–water partition coefficient (Wildman–Crippen LogP) is 4.70. The Morgan fingerprint density at radius 2 is 1.59 bits per heavy atom. The third-order valence-electron chi connectivity index (χ3n) is 7.46. The molecule has 0 amide bonds. The van der Waals surface area contributed by atoms with E-state index in [1.54, 1.807) is 6.07 Å². The van der Waals surface area contributed by atoms with Gasteiger partial charge in [0, 0.05) is 16.8 Å². The van der Waals surface area contributed by atoms with Gasteiger partial charge in [-0.1, -0.05) is 19.1 Å². The number of carboxylic acids is 2. The van der Waals surface area contributed by atoms with E-state index in [0.29, 0.717) is 23.8 Å². The Hall–Kier alpha value is -3.80. The number of hydrogen-bond acceptors (Lipinski definition) is 8. The van der Waals surface area contributed by atoms with Crippen molar-refractivity contribution in [3.63, 3.8) is 0 Å². The summed E-state index contributed by atoms with van der Waals surface area (Å²) in [5.41, 5.74) is 1.54. The van der Waals surface area contributed by atoms with Gasteiger partial charge in [0.2, 0.25) is 5.89 Å². The van der Waals surface area contributed by atoms with Crippen LogP contribution in [0.25, 0.3) is 16.9 Å². The number of likely N-dealkylation sites (tertiary alicyclic amines) is 1. The predicted molar refractivity (Wildman–Crippen MR) is 140 cm³/mol. The Morgan fingerprint density at radius 1 is 1.05 bits per heavy atom. The minimum absolute atomic E-state index is 0.241. The Labute approximate surface area is 246 Å². The van der Waals surface area contributed by atoms with E-state index in [1.807, 2.05) is 13.0 Å². The standard InChI is InChI=1S/C22H29FN6O.2C2HF3O2/c1-3-18-16-5-4-6-17(23)19(16)29(26-18)21-25-20(30-27-21)15-7-13-28(14-8-15)22(2)9-11-24-12-10-22;2*3-2(4,5)1(6)7/h4-6,15,24H,3,7-14H2,1-2H3;2*(H,6,7). The third-order valence-corrected chi connectivity index (χ3v) is 7.46. The summed E-state index contributed by atoms with van der Waals surface area (Å²) in [5, 5.41) is 27.2. The molecule has 2 aromatic heterocycles. The molecule has 2 aliphatic heterocycles. The van der Waals surface area contributed by atoms with Crippen molar-refractivity contribution in [2.24, 2.45) is 0 Å². The molecular formula is C26H31F7N6O5. The maximum Gasteiger partial charge on any atom is 0.490 e. The second kappa shape index (κ2) is 13.9. The average molecular weight is 641 g/mol. The van der Waals surface area contributed by atoms with E-state index in [2.05, 4.69) is 32.4 Å². The Balaban J connectivity index is 0.000000317. The Morgan fingerprint density at radius 3 is 2.09 bits per heavy atom. The first-order valence-corrected chi connectivity index (χ1v) is 13.5. The number of para-hydroxylation sites is 1. The number of piperidine rings is 2. The van der Waals surface area contributed by atoms with Crippen molar-refractivity contribution in [1.82, 2.24) is 30.1 Å². The monoisotopic (exact) mass is 640 g/mol. The molecule has 0 saturated carbocycles. The molecule has 11 nitrogen and oxygen atoms in total. The maximum atomic E-state index is 14.5. The molecule has 3 aromatic rings. The average Bonchev–Trinajstić information content (AvgIpc) is 3.59. The summed E-state index contributed by atoms with van der Waals surface area (Å²) in [7, 11) is 0. The molecule has 3 N–H and O–H groups in total. The zero-order valence-corrected chi connectivity index (χ0v) is 23.7. The molecule has 244 valence electrons. The topological polar surface area (TPSA) is 147 Å². The van der Waals surface area contributed by atoms with Crippen LogP contribution >= 0.6 is 0 Å². The fraction of sp³-hybridized carbons (Fsp3) is 0.577. The molecule has 1 aromatic carbocycles. The quantitative estimate of drug-likeness (QED) is 0.343. The molecule has 4 heterocycles. The van der Waals surface area contributed by atoms with Gasteiger partial charge in [-0.2, -0.15) is 41.1 Å². The number of carbonyl (C=O) groups is 2. The molecule has 2 fully saturated rings. The molecule has 0 radical (unpaired) electrons. The molecule has 44 heavy (non-hydrogen) atoms. The fourth-order valence-electron chi connectivity index (χ4n) is 5.02. The third kappa shape index (κ3) is 8.43. The zero-order chi connectivity index (χ0) is 32.9. The zero-order valence-electron chi connectivity index (χ0n) is 23.7. The number of carboxylic acid groups (broad SMARTS) is 2. The number of benzene rings is 1. The van der Waals surface area contributed by atoms with E-state index >= 15 is 0 Å². The molecule has 2 saturated heterocycles. The van der Waals surface area contributed by atoms with Crippen molar-refractivity contribution >= 4 is 22.8 Å². The molecular weight excluding hydrogens is 609 g/mol. The van der Waals surface area contributed by atoms with Crippen LogP contribution in [0, 0.1) is 5.82 Å². The minimum Gasteiger partial charge on any atom is -0.475 e. The van der Waals surface area contributed by atoms with Gasteiger partial charge in [0.25, 0.3) is 5.95 Å². The van der Waals surface area contributed by atoms with Gasteiger partial charge in [0.1, 0.15) is 11.3 Å². The lowest BCUT2D eigenvalue weighted by Gasteiger charge is -2.47. The summed E-state index contributed by atoms with van der Waals surface area (Å²) in [6, 6.07) is 5.04.